The molecule has 9 heteroatoms. The molecule has 2 aromatic rings. The molecule has 0 N–H and O–H groups in total. The standard InChI is InChI=1S/C14H7F6NO2/c15-13(16,17)8-5-10(11(7-22)21-6-8)9-3-1-2-4-12(9)23-14(18,19)20/h1-7H. The van der Waals surface area contributed by atoms with Crippen LogP contribution in [0.15, 0.2) is 36.5 Å². The molecule has 0 atom stereocenters. The number of carbonyl (C=O) groups excluding carboxylic acids is 1. The van der Waals surface area contributed by atoms with Crippen LogP contribution in [0, 0.1) is 0 Å². The molecule has 3 nitrogen and oxygen atoms in total. The fourth-order valence-corrected chi connectivity index (χ4v) is 1.84. The molecule has 1 aromatic heterocycles. The molecule has 1 heterocycles. The normalized spacial score (nSPS) is 12.1. The first-order chi connectivity index (χ1) is 10.6. The molecule has 23 heavy (non-hydrogen) atoms. The molecule has 0 saturated heterocycles. The van der Waals surface area contributed by atoms with Gasteiger partial charge in [-0.25, -0.2) is 0 Å². The molecule has 0 aliphatic carbocycles. The van der Waals surface area contributed by atoms with Crippen LogP contribution in [0.3, 0.4) is 0 Å². The van der Waals surface area contributed by atoms with Gasteiger partial charge in [-0.05, 0) is 12.1 Å². The Balaban J connectivity index is 2.64. The summed E-state index contributed by atoms with van der Waals surface area (Å²) in [4.78, 5) is 14.3. The van der Waals surface area contributed by atoms with Crippen LogP contribution in [0.2, 0.25) is 0 Å². The number of hydrogen-bond donors (Lipinski definition) is 0. The van der Waals surface area contributed by atoms with Gasteiger partial charge >= 0.3 is 12.5 Å². The summed E-state index contributed by atoms with van der Waals surface area (Å²) < 4.78 is 79.2. The van der Waals surface area contributed by atoms with Crippen LogP contribution in [-0.4, -0.2) is 17.6 Å². The molecule has 122 valence electrons. The molecular weight excluding hydrogens is 328 g/mol. The second-order valence-corrected chi connectivity index (χ2v) is 4.32. The van der Waals surface area contributed by atoms with Gasteiger partial charge in [0, 0.05) is 17.3 Å². The third-order valence-corrected chi connectivity index (χ3v) is 2.76. The Morgan fingerprint density at radius 2 is 1.65 bits per heavy atom. The number of aromatic nitrogens is 1. The number of aldehydes is 1. The number of nitrogens with zero attached hydrogens (tertiary/aromatic N) is 1. The predicted molar refractivity (Wildman–Crippen MR) is 66.7 cm³/mol. The third-order valence-electron chi connectivity index (χ3n) is 2.76. The second kappa shape index (κ2) is 5.90. The van der Waals surface area contributed by atoms with Crippen LogP contribution in [-0.2, 0) is 6.18 Å². The highest BCUT2D eigenvalue weighted by Crippen LogP contribution is 2.37. The highest BCUT2D eigenvalue weighted by atomic mass is 19.4. The van der Waals surface area contributed by atoms with Crippen LogP contribution in [0.4, 0.5) is 26.3 Å². The van der Waals surface area contributed by atoms with Crippen molar-refractivity contribution in [2.45, 2.75) is 12.5 Å². The lowest BCUT2D eigenvalue weighted by molar-refractivity contribution is -0.274. The van der Waals surface area contributed by atoms with Gasteiger partial charge in [-0.2, -0.15) is 13.2 Å². The van der Waals surface area contributed by atoms with Crippen molar-refractivity contribution in [3.8, 4) is 16.9 Å². The Bertz CT molecular complexity index is 724. The van der Waals surface area contributed by atoms with Gasteiger partial charge in [0.2, 0.25) is 0 Å². The minimum atomic E-state index is -5.04. The summed E-state index contributed by atoms with van der Waals surface area (Å²) in [6.07, 6.45) is -9.21. The number of alkyl halides is 6. The molecule has 0 spiro atoms. The quantitative estimate of drug-likeness (QED) is 0.613. The molecule has 0 bridgehead atoms. The number of rotatable bonds is 3. The molecule has 2 rings (SSSR count). The zero-order valence-corrected chi connectivity index (χ0v) is 11.1. The van der Waals surface area contributed by atoms with E-state index in [0.29, 0.717) is 12.3 Å². The minimum Gasteiger partial charge on any atom is -0.405 e. The van der Waals surface area contributed by atoms with Crippen molar-refractivity contribution in [1.82, 2.24) is 4.98 Å². The van der Waals surface area contributed by atoms with E-state index in [0.717, 1.165) is 12.1 Å². The van der Waals surface area contributed by atoms with Gasteiger partial charge in [-0.1, -0.05) is 18.2 Å². The Morgan fingerprint density at radius 3 is 2.22 bits per heavy atom. The molecule has 1 aromatic carbocycles. The van der Waals surface area contributed by atoms with Gasteiger partial charge in [-0.15, -0.1) is 13.2 Å². The van der Waals surface area contributed by atoms with E-state index in [1.807, 2.05) is 0 Å². The van der Waals surface area contributed by atoms with E-state index in [-0.39, 0.29) is 11.8 Å². The molecule has 0 fully saturated rings. The number of carbonyl (C=O) groups is 1. The van der Waals surface area contributed by atoms with E-state index >= 15 is 0 Å². The third kappa shape index (κ3) is 3.99. The highest BCUT2D eigenvalue weighted by Gasteiger charge is 2.34. The van der Waals surface area contributed by atoms with Gasteiger partial charge in [0.1, 0.15) is 11.4 Å². The van der Waals surface area contributed by atoms with Gasteiger partial charge in [0.25, 0.3) is 0 Å². The summed E-state index contributed by atoms with van der Waals surface area (Å²) in [5.74, 6) is -0.732. The van der Waals surface area contributed by atoms with Gasteiger partial charge in [-0.3, -0.25) is 9.78 Å². The van der Waals surface area contributed by atoms with E-state index < -0.39 is 35.1 Å². The van der Waals surface area contributed by atoms with Crippen molar-refractivity contribution in [3.05, 3.63) is 47.8 Å². The molecule has 0 aliphatic heterocycles. The summed E-state index contributed by atoms with van der Waals surface area (Å²) in [7, 11) is 0. The molecule has 0 saturated carbocycles. The number of hydrogen-bond acceptors (Lipinski definition) is 3. The summed E-state index contributed by atoms with van der Waals surface area (Å²) in [5, 5.41) is 0. The SMILES string of the molecule is O=Cc1ncc(C(F)(F)F)cc1-c1ccccc1OC(F)(F)F. The smallest absolute Gasteiger partial charge is 0.405 e. The van der Waals surface area contributed by atoms with Gasteiger partial charge in [0.15, 0.2) is 6.29 Å². The van der Waals surface area contributed by atoms with E-state index in [2.05, 4.69) is 9.72 Å². The molecular formula is C14H7F6NO2. The summed E-state index contributed by atoms with van der Waals surface area (Å²) in [6, 6.07) is 5.10. The first-order valence-electron chi connectivity index (χ1n) is 5.99. The average molecular weight is 335 g/mol. The van der Waals surface area contributed by atoms with Crippen molar-refractivity contribution in [1.29, 1.82) is 0 Å². The molecule has 0 aliphatic rings. The number of ether oxygens (including phenoxy) is 1. The number of halogens is 6. The van der Waals surface area contributed by atoms with E-state index in [1.54, 1.807) is 0 Å². The summed E-state index contributed by atoms with van der Waals surface area (Å²) >= 11 is 0. The van der Waals surface area contributed by atoms with Crippen molar-refractivity contribution in [3.63, 3.8) is 0 Å². The fraction of sp³-hybridized carbons (Fsp3) is 0.143. The van der Waals surface area contributed by atoms with Crippen molar-refractivity contribution >= 4 is 6.29 Å². The second-order valence-electron chi connectivity index (χ2n) is 4.32. The van der Waals surface area contributed by atoms with E-state index in [4.69, 9.17) is 0 Å². The van der Waals surface area contributed by atoms with Crippen LogP contribution in [0.1, 0.15) is 16.1 Å². The lowest BCUT2D eigenvalue weighted by Crippen LogP contribution is -2.17. The number of pyridine rings is 1. The first-order valence-corrected chi connectivity index (χ1v) is 5.99. The maximum atomic E-state index is 12.8. The van der Waals surface area contributed by atoms with Crippen molar-refractivity contribution in [2.24, 2.45) is 0 Å². The average Bonchev–Trinajstić information content (AvgIpc) is 2.44. The Morgan fingerprint density at radius 1 is 1.00 bits per heavy atom. The topological polar surface area (TPSA) is 39.2 Å². The van der Waals surface area contributed by atoms with Crippen LogP contribution in [0.25, 0.3) is 11.1 Å². The Labute approximate surface area is 125 Å². The summed E-state index contributed by atoms with van der Waals surface area (Å²) in [5.41, 5.74) is -2.36. The molecule has 0 radical (unpaired) electrons. The van der Waals surface area contributed by atoms with Crippen molar-refractivity contribution < 1.29 is 35.9 Å². The zero-order chi connectivity index (χ0) is 17.3. The number of benzene rings is 1. The van der Waals surface area contributed by atoms with E-state index in [1.165, 1.54) is 12.1 Å². The molecule has 0 unspecified atom stereocenters. The highest BCUT2D eigenvalue weighted by molar-refractivity contribution is 5.87. The minimum absolute atomic E-state index is 0.153. The zero-order valence-electron chi connectivity index (χ0n) is 11.1. The van der Waals surface area contributed by atoms with Crippen molar-refractivity contribution in [2.75, 3.05) is 0 Å². The van der Waals surface area contributed by atoms with Crippen LogP contribution in [0.5, 0.6) is 5.75 Å². The Kier molecular flexibility index (Phi) is 4.31. The lowest BCUT2D eigenvalue weighted by Gasteiger charge is -2.15. The maximum Gasteiger partial charge on any atom is 0.573 e. The summed E-state index contributed by atoms with van der Waals surface area (Å²) in [6.45, 7) is 0. The number of para-hydroxylation sites is 1. The fourth-order valence-electron chi connectivity index (χ4n) is 1.84. The van der Waals surface area contributed by atoms with Gasteiger partial charge in [0.05, 0.1) is 5.56 Å². The van der Waals surface area contributed by atoms with Crippen LogP contribution < -0.4 is 4.74 Å². The Hall–Kier alpha value is -2.58. The van der Waals surface area contributed by atoms with Crippen LogP contribution >= 0.6 is 0 Å². The van der Waals surface area contributed by atoms with E-state index in [9.17, 15) is 31.1 Å². The molecule has 0 amide bonds. The lowest BCUT2D eigenvalue weighted by atomic mass is 10.0. The predicted octanol–water partition coefficient (Wildman–Crippen LogP) is 4.48. The largest absolute Gasteiger partial charge is 0.573 e. The first kappa shape index (κ1) is 16.8. The maximum absolute atomic E-state index is 12.8. The monoisotopic (exact) mass is 335 g/mol. The van der Waals surface area contributed by atoms with Gasteiger partial charge < -0.3 is 4.74 Å².